The molecule has 2 rings (SSSR count). The quantitative estimate of drug-likeness (QED) is 0.619. The lowest BCUT2D eigenvalue weighted by Crippen LogP contribution is -2.45. The highest BCUT2D eigenvalue weighted by Crippen LogP contribution is 2.32. The van der Waals surface area contributed by atoms with Gasteiger partial charge in [-0.25, -0.2) is 9.59 Å². The van der Waals surface area contributed by atoms with Gasteiger partial charge in [0.2, 0.25) is 0 Å². The first-order valence-electron chi connectivity index (χ1n) is 7.24. The lowest BCUT2D eigenvalue weighted by molar-refractivity contribution is -0.139. The molecule has 0 aromatic heterocycles. The van der Waals surface area contributed by atoms with E-state index in [1.165, 1.54) is 0 Å². The molecule has 0 fully saturated rings. The molecule has 118 valence electrons. The van der Waals surface area contributed by atoms with Gasteiger partial charge in [0.25, 0.3) is 0 Å². The molecule has 0 saturated carbocycles. The van der Waals surface area contributed by atoms with E-state index in [1.807, 2.05) is 31.2 Å². The molecule has 0 saturated heterocycles. The Kier molecular flexibility index (Phi) is 5.60. The van der Waals surface area contributed by atoms with Gasteiger partial charge in [0, 0.05) is 10.2 Å². The molecule has 2 N–H and O–H groups in total. The summed E-state index contributed by atoms with van der Waals surface area (Å²) in [4.78, 5) is 24.2. The Labute approximate surface area is 138 Å². The number of amides is 2. The molecule has 0 radical (unpaired) electrons. The number of carbonyl (C=O) groups excluding carboxylic acids is 2. The standard InChI is InChI=1S/C16H19BrN2O3/c1-3-4-9-22-15(20)13-10(2)18-16(21)19-14(13)11-7-5-6-8-12(11)17/h5-8,14H,3-4,9H2,1-2H3,(H2,18,19,21)/t14-/m1/s1. The number of unbranched alkanes of at least 4 members (excludes halogenated alkanes) is 1. The predicted octanol–water partition coefficient (Wildman–Crippen LogP) is 3.42. The lowest BCUT2D eigenvalue weighted by Gasteiger charge is -2.28. The third-order valence-electron chi connectivity index (χ3n) is 3.44. The number of rotatable bonds is 5. The van der Waals surface area contributed by atoms with Gasteiger partial charge in [-0.1, -0.05) is 47.5 Å². The minimum Gasteiger partial charge on any atom is -0.462 e. The van der Waals surface area contributed by atoms with E-state index in [2.05, 4.69) is 26.6 Å². The number of allylic oxidation sites excluding steroid dienone is 1. The predicted molar refractivity (Wildman–Crippen MR) is 87.1 cm³/mol. The molecule has 2 amide bonds. The number of ether oxygens (including phenoxy) is 1. The second-order valence-corrected chi connectivity index (χ2v) is 5.94. The largest absolute Gasteiger partial charge is 0.462 e. The van der Waals surface area contributed by atoms with Crippen LogP contribution in [0.1, 0.15) is 38.3 Å². The molecule has 1 aliphatic rings. The highest BCUT2D eigenvalue weighted by molar-refractivity contribution is 9.10. The molecular weight excluding hydrogens is 348 g/mol. The van der Waals surface area contributed by atoms with E-state index in [1.54, 1.807) is 6.92 Å². The summed E-state index contributed by atoms with van der Waals surface area (Å²) >= 11 is 3.47. The van der Waals surface area contributed by atoms with Crippen LogP contribution >= 0.6 is 15.9 Å². The van der Waals surface area contributed by atoms with Crippen molar-refractivity contribution < 1.29 is 14.3 Å². The minimum atomic E-state index is -0.529. The Morgan fingerprint density at radius 2 is 2.09 bits per heavy atom. The zero-order valence-electron chi connectivity index (χ0n) is 12.6. The highest BCUT2D eigenvalue weighted by Gasteiger charge is 2.33. The maximum Gasteiger partial charge on any atom is 0.338 e. The van der Waals surface area contributed by atoms with Crippen molar-refractivity contribution in [1.82, 2.24) is 10.6 Å². The molecule has 0 bridgehead atoms. The molecule has 0 unspecified atom stereocenters. The average molecular weight is 367 g/mol. The van der Waals surface area contributed by atoms with Gasteiger partial charge >= 0.3 is 12.0 Å². The van der Waals surface area contributed by atoms with Crippen LogP contribution in [0.3, 0.4) is 0 Å². The summed E-state index contributed by atoms with van der Waals surface area (Å²) in [6, 6.07) is 6.63. The van der Waals surface area contributed by atoms with Crippen LogP contribution in [0.25, 0.3) is 0 Å². The number of hydrogen-bond acceptors (Lipinski definition) is 3. The number of esters is 1. The number of hydrogen-bond donors (Lipinski definition) is 2. The van der Waals surface area contributed by atoms with E-state index in [0.717, 1.165) is 22.9 Å². The van der Waals surface area contributed by atoms with Crippen molar-refractivity contribution in [1.29, 1.82) is 0 Å². The van der Waals surface area contributed by atoms with Gasteiger partial charge in [0.1, 0.15) is 0 Å². The molecule has 1 heterocycles. The van der Waals surface area contributed by atoms with E-state index in [0.29, 0.717) is 17.9 Å². The van der Waals surface area contributed by atoms with Crippen molar-refractivity contribution in [3.63, 3.8) is 0 Å². The number of benzene rings is 1. The van der Waals surface area contributed by atoms with Gasteiger partial charge < -0.3 is 15.4 Å². The molecular formula is C16H19BrN2O3. The normalized spacial score (nSPS) is 17.8. The first kappa shape index (κ1) is 16.5. The average Bonchev–Trinajstić information content (AvgIpc) is 2.47. The van der Waals surface area contributed by atoms with E-state index in [-0.39, 0.29) is 6.03 Å². The summed E-state index contributed by atoms with van der Waals surface area (Å²) in [5.41, 5.74) is 1.77. The van der Waals surface area contributed by atoms with Crippen molar-refractivity contribution in [2.75, 3.05) is 6.61 Å². The van der Waals surface area contributed by atoms with Crippen LogP contribution in [0.4, 0.5) is 4.79 Å². The summed E-state index contributed by atoms with van der Waals surface area (Å²) < 4.78 is 6.14. The van der Waals surface area contributed by atoms with Gasteiger partial charge in [0.05, 0.1) is 18.2 Å². The van der Waals surface area contributed by atoms with E-state index in [9.17, 15) is 9.59 Å². The number of halogens is 1. The molecule has 1 aromatic rings. The van der Waals surface area contributed by atoms with Crippen molar-refractivity contribution in [3.05, 3.63) is 45.6 Å². The molecule has 1 atom stereocenters. The summed E-state index contributed by atoms with van der Waals surface area (Å²) in [5.74, 6) is -0.404. The molecule has 0 aliphatic carbocycles. The maximum atomic E-state index is 12.4. The van der Waals surface area contributed by atoms with E-state index >= 15 is 0 Å². The maximum absolute atomic E-state index is 12.4. The zero-order chi connectivity index (χ0) is 16.1. The van der Waals surface area contributed by atoms with E-state index in [4.69, 9.17) is 4.74 Å². The van der Waals surface area contributed by atoms with Crippen LogP contribution < -0.4 is 10.6 Å². The lowest BCUT2D eigenvalue weighted by atomic mass is 9.95. The van der Waals surface area contributed by atoms with Gasteiger partial charge in [0.15, 0.2) is 0 Å². The molecule has 1 aromatic carbocycles. The Morgan fingerprint density at radius 3 is 2.77 bits per heavy atom. The summed E-state index contributed by atoms with van der Waals surface area (Å²) in [6.07, 6.45) is 1.77. The van der Waals surface area contributed by atoms with Crippen LogP contribution in [0.5, 0.6) is 0 Å². The van der Waals surface area contributed by atoms with Crippen LogP contribution in [0, 0.1) is 0 Å². The first-order valence-corrected chi connectivity index (χ1v) is 8.03. The molecule has 0 spiro atoms. The zero-order valence-corrected chi connectivity index (χ0v) is 14.2. The smallest absolute Gasteiger partial charge is 0.338 e. The SMILES string of the molecule is CCCCOC(=O)C1=C(C)NC(=O)N[C@@H]1c1ccccc1Br. The second-order valence-electron chi connectivity index (χ2n) is 5.08. The summed E-state index contributed by atoms with van der Waals surface area (Å²) in [6.45, 7) is 4.12. The Hall–Kier alpha value is -1.82. The van der Waals surface area contributed by atoms with Crippen LogP contribution in [-0.4, -0.2) is 18.6 Å². The summed E-state index contributed by atoms with van der Waals surface area (Å²) in [7, 11) is 0. The van der Waals surface area contributed by atoms with Crippen LogP contribution in [0.15, 0.2) is 40.0 Å². The Balaban J connectivity index is 2.33. The third kappa shape index (κ3) is 3.68. The van der Waals surface area contributed by atoms with Crippen LogP contribution in [-0.2, 0) is 9.53 Å². The molecule has 6 heteroatoms. The second kappa shape index (κ2) is 7.45. The van der Waals surface area contributed by atoms with Crippen molar-refractivity contribution in [2.24, 2.45) is 0 Å². The summed E-state index contributed by atoms with van der Waals surface area (Å²) in [5, 5.41) is 5.42. The van der Waals surface area contributed by atoms with Crippen LogP contribution in [0.2, 0.25) is 0 Å². The Bertz CT molecular complexity index is 613. The minimum absolute atomic E-state index is 0.330. The van der Waals surface area contributed by atoms with Crippen molar-refractivity contribution in [3.8, 4) is 0 Å². The molecule has 5 nitrogen and oxygen atoms in total. The van der Waals surface area contributed by atoms with Crippen molar-refractivity contribution >= 4 is 27.9 Å². The fraction of sp³-hybridized carbons (Fsp3) is 0.375. The Morgan fingerprint density at radius 1 is 1.36 bits per heavy atom. The molecule has 1 aliphatic heterocycles. The fourth-order valence-corrected chi connectivity index (χ4v) is 2.81. The van der Waals surface area contributed by atoms with Gasteiger partial charge in [-0.15, -0.1) is 0 Å². The molecule has 22 heavy (non-hydrogen) atoms. The van der Waals surface area contributed by atoms with Gasteiger partial charge in [-0.05, 0) is 25.0 Å². The van der Waals surface area contributed by atoms with E-state index < -0.39 is 12.0 Å². The van der Waals surface area contributed by atoms with Gasteiger partial charge in [-0.3, -0.25) is 0 Å². The van der Waals surface area contributed by atoms with Crippen molar-refractivity contribution in [2.45, 2.75) is 32.7 Å². The first-order chi connectivity index (χ1) is 10.5. The van der Waals surface area contributed by atoms with Gasteiger partial charge in [-0.2, -0.15) is 0 Å². The third-order valence-corrected chi connectivity index (χ3v) is 4.16. The number of urea groups is 1. The number of carbonyl (C=O) groups is 2. The monoisotopic (exact) mass is 366 g/mol. The highest BCUT2D eigenvalue weighted by atomic mass is 79.9. The number of nitrogens with one attached hydrogen (secondary N) is 2. The fourth-order valence-electron chi connectivity index (χ4n) is 2.29. The topological polar surface area (TPSA) is 67.4 Å².